The second-order valence-electron chi connectivity index (χ2n) is 9.03. The SMILES string of the molecule is NC(N)=NCCC[C@H](NC(=O)[C@H](CS)NC(=O)CNC(=O)[C@H](CCCN=C(N)N)NC(=O)[C@@H]1CCCN1)C(=O)O. The van der Waals surface area contributed by atoms with E-state index in [0.717, 1.165) is 6.42 Å². The Morgan fingerprint density at radius 1 is 0.875 bits per heavy atom. The number of hydrogen-bond acceptors (Lipinski definition) is 9. The van der Waals surface area contributed by atoms with Gasteiger partial charge in [0.15, 0.2) is 11.9 Å². The molecule has 0 spiro atoms. The maximum absolute atomic E-state index is 12.8. The van der Waals surface area contributed by atoms with Crippen LogP contribution >= 0.6 is 12.6 Å². The highest BCUT2D eigenvalue weighted by atomic mass is 32.1. The van der Waals surface area contributed by atoms with Gasteiger partial charge in [0.1, 0.15) is 18.1 Å². The van der Waals surface area contributed by atoms with E-state index in [-0.39, 0.29) is 49.5 Å². The van der Waals surface area contributed by atoms with Crippen LogP contribution < -0.4 is 49.5 Å². The Morgan fingerprint density at radius 3 is 1.98 bits per heavy atom. The molecule has 0 bridgehead atoms. The van der Waals surface area contributed by atoms with Gasteiger partial charge in [0.05, 0.1) is 12.6 Å². The number of carbonyl (C=O) groups is 5. The van der Waals surface area contributed by atoms with Gasteiger partial charge in [-0.3, -0.25) is 29.2 Å². The van der Waals surface area contributed by atoms with Gasteiger partial charge in [-0.25, -0.2) is 4.79 Å². The molecular weight excluding hydrogens is 546 g/mol. The first-order chi connectivity index (χ1) is 18.9. The molecule has 0 aromatic heterocycles. The zero-order valence-corrected chi connectivity index (χ0v) is 23.1. The number of nitrogens with zero attached hydrogens (tertiary/aromatic N) is 2. The minimum atomic E-state index is -1.27. The Bertz CT molecular complexity index is 934. The smallest absolute Gasteiger partial charge is 0.326 e. The van der Waals surface area contributed by atoms with Crippen LogP contribution in [0, 0.1) is 0 Å². The van der Waals surface area contributed by atoms with Crippen LogP contribution in [-0.4, -0.2) is 103 Å². The normalized spacial score (nSPS) is 16.5. The molecule has 1 aliphatic rings. The largest absolute Gasteiger partial charge is 0.480 e. The fraction of sp³-hybridized carbons (Fsp3) is 0.682. The summed E-state index contributed by atoms with van der Waals surface area (Å²) in [5.74, 6) is -4.05. The molecule has 1 rings (SSSR count). The van der Waals surface area contributed by atoms with Crippen molar-refractivity contribution >= 4 is 54.1 Å². The third-order valence-electron chi connectivity index (χ3n) is 5.77. The summed E-state index contributed by atoms with van der Waals surface area (Å²) in [7, 11) is 0. The predicted octanol–water partition coefficient (Wildman–Crippen LogP) is -4.57. The van der Waals surface area contributed by atoms with Crippen LogP contribution in [-0.2, 0) is 24.0 Å². The first kappa shape index (κ1) is 34.2. The first-order valence-electron chi connectivity index (χ1n) is 12.8. The van der Waals surface area contributed by atoms with E-state index >= 15 is 0 Å². The average molecular weight is 588 g/mol. The number of aliphatic carboxylic acids is 1. The molecule has 226 valence electrons. The zero-order chi connectivity index (χ0) is 30.1. The second kappa shape index (κ2) is 18.5. The van der Waals surface area contributed by atoms with E-state index in [4.69, 9.17) is 22.9 Å². The number of aliphatic imine (C=N–C) groups is 2. The van der Waals surface area contributed by atoms with Crippen LogP contribution in [0.3, 0.4) is 0 Å². The number of rotatable bonds is 18. The minimum absolute atomic E-state index is 0.0494. The van der Waals surface area contributed by atoms with Gasteiger partial charge in [0.2, 0.25) is 23.6 Å². The quantitative estimate of drug-likeness (QED) is 0.0314. The summed E-state index contributed by atoms with van der Waals surface area (Å²) < 4.78 is 0. The monoisotopic (exact) mass is 587 g/mol. The van der Waals surface area contributed by atoms with Crippen molar-refractivity contribution in [3.05, 3.63) is 0 Å². The molecule has 1 aliphatic heterocycles. The summed E-state index contributed by atoms with van der Waals surface area (Å²) in [4.78, 5) is 69.5. The number of carboxylic acid groups (broad SMARTS) is 1. The van der Waals surface area contributed by atoms with E-state index < -0.39 is 54.4 Å². The third kappa shape index (κ3) is 13.8. The molecule has 1 saturated heterocycles. The summed E-state index contributed by atoms with van der Waals surface area (Å²) in [6, 6.07) is -3.77. The van der Waals surface area contributed by atoms with Crippen molar-refractivity contribution in [2.75, 3.05) is 31.9 Å². The first-order valence-corrected chi connectivity index (χ1v) is 13.4. The molecule has 1 fully saturated rings. The lowest BCUT2D eigenvalue weighted by molar-refractivity contribution is -0.142. The molecule has 40 heavy (non-hydrogen) atoms. The van der Waals surface area contributed by atoms with E-state index in [0.29, 0.717) is 25.8 Å². The standard InChI is InChI=1S/C22H41N11O6S/c23-21(24)28-8-2-5-13(32-18(36)12-4-1-7-27-12)17(35)30-10-16(34)31-15(11-40)19(37)33-14(20(38)39)6-3-9-29-22(25)26/h12-15,27,40H,1-11H2,(H,30,35)(H,31,34)(H,32,36)(H,33,37)(H,38,39)(H4,23,24,28)(H4,25,26,29)/t12-,13-,14-,15-/m0/s1. The van der Waals surface area contributed by atoms with Gasteiger partial charge in [0.25, 0.3) is 0 Å². The van der Waals surface area contributed by atoms with Crippen molar-refractivity contribution in [2.24, 2.45) is 32.9 Å². The molecule has 4 amide bonds. The maximum atomic E-state index is 12.8. The molecule has 14 N–H and O–H groups in total. The van der Waals surface area contributed by atoms with Gasteiger partial charge in [-0.15, -0.1) is 0 Å². The third-order valence-corrected chi connectivity index (χ3v) is 6.14. The summed E-state index contributed by atoms with van der Waals surface area (Å²) in [6.45, 7) is 0.625. The fourth-order valence-corrected chi connectivity index (χ4v) is 3.97. The molecule has 17 nitrogen and oxygen atoms in total. The lowest BCUT2D eigenvalue weighted by atomic mass is 10.1. The highest BCUT2D eigenvalue weighted by Crippen LogP contribution is 2.07. The number of carbonyl (C=O) groups excluding carboxylic acids is 4. The van der Waals surface area contributed by atoms with E-state index in [2.05, 4.69) is 49.2 Å². The average Bonchev–Trinajstić information content (AvgIpc) is 3.44. The minimum Gasteiger partial charge on any atom is -0.480 e. The number of guanidine groups is 2. The maximum Gasteiger partial charge on any atom is 0.326 e. The molecule has 0 unspecified atom stereocenters. The molecule has 0 radical (unpaired) electrons. The van der Waals surface area contributed by atoms with Crippen LogP contribution in [0.1, 0.15) is 38.5 Å². The molecule has 0 saturated carbocycles. The lowest BCUT2D eigenvalue weighted by Crippen LogP contribution is -2.55. The van der Waals surface area contributed by atoms with Crippen LogP contribution in [0.15, 0.2) is 9.98 Å². The van der Waals surface area contributed by atoms with Crippen molar-refractivity contribution in [3.8, 4) is 0 Å². The van der Waals surface area contributed by atoms with E-state index in [1.807, 2.05) is 0 Å². The number of nitrogens with two attached hydrogens (primary N) is 4. The molecule has 0 aromatic rings. The number of hydrogen-bond donors (Lipinski definition) is 11. The Kier molecular flexibility index (Phi) is 15.8. The second-order valence-corrected chi connectivity index (χ2v) is 9.39. The van der Waals surface area contributed by atoms with Gasteiger partial charge in [0, 0.05) is 18.8 Å². The molecule has 0 aliphatic carbocycles. The topological polar surface area (TPSA) is 295 Å². The predicted molar refractivity (Wildman–Crippen MR) is 151 cm³/mol. The number of carboxylic acids is 1. The Labute approximate surface area is 237 Å². The lowest BCUT2D eigenvalue weighted by Gasteiger charge is -2.22. The van der Waals surface area contributed by atoms with E-state index in [1.54, 1.807) is 0 Å². The number of amides is 4. The number of nitrogens with one attached hydrogen (secondary N) is 5. The van der Waals surface area contributed by atoms with Crippen molar-refractivity contribution < 1.29 is 29.1 Å². The summed E-state index contributed by atoms with van der Waals surface area (Å²) in [5.41, 5.74) is 21.1. The van der Waals surface area contributed by atoms with Crippen molar-refractivity contribution in [3.63, 3.8) is 0 Å². The molecule has 4 atom stereocenters. The molecule has 1 heterocycles. The van der Waals surface area contributed by atoms with Gasteiger partial charge in [-0.1, -0.05) is 0 Å². The highest BCUT2D eigenvalue weighted by molar-refractivity contribution is 7.80. The Balaban J connectivity index is 2.66. The van der Waals surface area contributed by atoms with E-state index in [1.165, 1.54) is 0 Å². The summed E-state index contributed by atoms with van der Waals surface area (Å²) in [6.07, 6.45) is 2.42. The van der Waals surface area contributed by atoms with Crippen molar-refractivity contribution in [1.82, 2.24) is 26.6 Å². The van der Waals surface area contributed by atoms with Gasteiger partial charge in [-0.05, 0) is 45.1 Å². The van der Waals surface area contributed by atoms with Crippen LogP contribution in [0.4, 0.5) is 0 Å². The van der Waals surface area contributed by atoms with Gasteiger partial charge in [-0.2, -0.15) is 12.6 Å². The highest BCUT2D eigenvalue weighted by Gasteiger charge is 2.28. The summed E-state index contributed by atoms with van der Waals surface area (Å²) in [5, 5.41) is 22.3. The summed E-state index contributed by atoms with van der Waals surface area (Å²) >= 11 is 4.06. The Morgan fingerprint density at radius 2 is 1.48 bits per heavy atom. The Hall–Kier alpha value is -3.80. The van der Waals surface area contributed by atoms with Gasteiger partial charge >= 0.3 is 5.97 Å². The molecule has 18 heteroatoms. The van der Waals surface area contributed by atoms with Crippen molar-refractivity contribution in [1.29, 1.82) is 0 Å². The van der Waals surface area contributed by atoms with Crippen LogP contribution in [0.25, 0.3) is 0 Å². The molecule has 0 aromatic carbocycles. The molecular formula is C22H41N11O6S. The van der Waals surface area contributed by atoms with Crippen LogP contribution in [0.2, 0.25) is 0 Å². The van der Waals surface area contributed by atoms with E-state index in [9.17, 15) is 29.1 Å². The van der Waals surface area contributed by atoms with Crippen molar-refractivity contribution in [2.45, 2.75) is 62.7 Å². The number of thiol groups is 1. The van der Waals surface area contributed by atoms with Crippen LogP contribution in [0.5, 0.6) is 0 Å². The fourth-order valence-electron chi connectivity index (χ4n) is 3.72. The zero-order valence-electron chi connectivity index (χ0n) is 22.2. The van der Waals surface area contributed by atoms with Gasteiger partial charge < -0.3 is 54.6 Å².